The van der Waals surface area contributed by atoms with Crippen molar-refractivity contribution in [3.8, 4) is 0 Å². The van der Waals surface area contributed by atoms with Crippen LogP contribution in [0.1, 0.15) is 41.6 Å². The molecule has 0 spiro atoms. The van der Waals surface area contributed by atoms with Crippen LogP contribution in [0, 0.1) is 0 Å². The molecule has 0 aliphatic heterocycles. The van der Waals surface area contributed by atoms with E-state index in [2.05, 4.69) is 15.5 Å². The zero-order valence-electron chi connectivity index (χ0n) is 13.4. The molecule has 0 aliphatic rings. The molecule has 130 valence electrons. The number of carbonyl (C=O) groups excluding carboxylic acids is 1. The van der Waals surface area contributed by atoms with Gasteiger partial charge in [0.05, 0.1) is 17.2 Å². The van der Waals surface area contributed by atoms with Gasteiger partial charge in [-0.05, 0) is 24.8 Å². The average molecular weight is 358 g/mol. The molecular formula is C15H17F3N4OS. The molecule has 24 heavy (non-hydrogen) atoms. The maximum Gasteiger partial charge on any atom is 0.417 e. The summed E-state index contributed by atoms with van der Waals surface area (Å²) in [6, 6.07) is 4.10. The minimum atomic E-state index is -4.59. The van der Waals surface area contributed by atoms with Gasteiger partial charge in [-0.1, -0.05) is 30.8 Å². The van der Waals surface area contributed by atoms with Crippen LogP contribution in [-0.2, 0) is 13.2 Å². The maximum atomic E-state index is 13.0. The molecule has 0 bridgehead atoms. The summed E-state index contributed by atoms with van der Waals surface area (Å²) in [5, 5.41) is 11.2. The second-order valence-electron chi connectivity index (χ2n) is 5.07. The number of hydrogen-bond donors (Lipinski definition) is 1. The van der Waals surface area contributed by atoms with Crippen LogP contribution in [-0.4, -0.2) is 26.4 Å². The van der Waals surface area contributed by atoms with E-state index in [1.807, 2.05) is 6.92 Å². The maximum absolute atomic E-state index is 13.0. The molecule has 1 amide bonds. The highest BCUT2D eigenvalue weighted by Gasteiger charge is 2.35. The molecule has 0 saturated carbocycles. The van der Waals surface area contributed by atoms with E-state index in [4.69, 9.17) is 0 Å². The Labute approximate surface area is 141 Å². The first-order chi connectivity index (χ1) is 11.3. The quantitative estimate of drug-likeness (QED) is 0.832. The normalized spacial score (nSPS) is 12.9. The third-order valence-corrected chi connectivity index (χ3v) is 4.26. The SMILES string of the molecule is CCSc1nnc([C@@H](C)NC(=O)c2ccccc2C(F)(F)F)n1C. The van der Waals surface area contributed by atoms with Crippen LogP contribution in [0.15, 0.2) is 29.4 Å². The lowest BCUT2D eigenvalue weighted by atomic mass is 10.1. The molecule has 0 fully saturated rings. The molecule has 2 rings (SSSR count). The summed E-state index contributed by atoms with van der Waals surface area (Å²) in [6.45, 7) is 3.62. The third-order valence-electron chi connectivity index (χ3n) is 3.35. The number of nitrogens with one attached hydrogen (secondary N) is 1. The van der Waals surface area contributed by atoms with Gasteiger partial charge in [0.2, 0.25) is 0 Å². The fraction of sp³-hybridized carbons (Fsp3) is 0.400. The minimum absolute atomic E-state index is 0.415. The standard InChI is InChI=1S/C15H17F3N4OS/c1-4-24-14-21-20-12(22(14)3)9(2)19-13(23)10-7-5-6-8-11(10)15(16,17)18/h5-9H,4H2,1-3H3,(H,19,23)/t9-/m1/s1. The number of carbonyl (C=O) groups is 1. The van der Waals surface area contributed by atoms with Crippen molar-refractivity contribution in [1.29, 1.82) is 0 Å². The Hall–Kier alpha value is -2.03. The van der Waals surface area contributed by atoms with E-state index in [-0.39, 0.29) is 0 Å². The number of halogens is 3. The number of amides is 1. The number of alkyl halides is 3. The first-order valence-electron chi connectivity index (χ1n) is 7.24. The van der Waals surface area contributed by atoms with E-state index >= 15 is 0 Å². The molecule has 9 heteroatoms. The van der Waals surface area contributed by atoms with Gasteiger partial charge in [0.1, 0.15) is 0 Å². The molecule has 1 N–H and O–H groups in total. The van der Waals surface area contributed by atoms with E-state index < -0.39 is 29.3 Å². The lowest BCUT2D eigenvalue weighted by molar-refractivity contribution is -0.137. The van der Waals surface area contributed by atoms with Crippen molar-refractivity contribution < 1.29 is 18.0 Å². The van der Waals surface area contributed by atoms with Gasteiger partial charge >= 0.3 is 6.18 Å². The highest BCUT2D eigenvalue weighted by atomic mass is 32.2. The van der Waals surface area contributed by atoms with Crippen LogP contribution >= 0.6 is 11.8 Å². The predicted octanol–water partition coefficient (Wildman–Crippen LogP) is 3.44. The Morgan fingerprint density at radius 1 is 1.33 bits per heavy atom. The zero-order chi connectivity index (χ0) is 17.9. The van der Waals surface area contributed by atoms with Crippen LogP contribution in [0.4, 0.5) is 13.2 Å². The van der Waals surface area contributed by atoms with Crippen molar-refractivity contribution in [3.05, 3.63) is 41.2 Å². The molecule has 0 radical (unpaired) electrons. The summed E-state index contributed by atoms with van der Waals surface area (Å²) in [7, 11) is 1.75. The number of benzene rings is 1. The van der Waals surface area contributed by atoms with Crippen LogP contribution in [0.25, 0.3) is 0 Å². The summed E-state index contributed by atoms with van der Waals surface area (Å²) >= 11 is 1.49. The van der Waals surface area contributed by atoms with Gasteiger partial charge in [0.25, 0.3) is 5.91 Å². The van der Waals surface area contributed by atoms with Crippen molar-refractivity contribution in [1.82, 2.24) is 20.1 Å². The molecule has 2 aromatic rings. The van der Waals surface area contributed by atoms with Crippen molar-refractivity contribution in [2.24, 2.45) is 7.05 Å². The lowest BCUT2D eigenvalue weighted by Crippen LogP contribution is -2.30. The van der Waals surface area contributed by atoms with Crippen molar-refractivity contribution in [2.75, 3.05) is 5.75 Å². The first-order valence-corrected chi connectivity index (χ1v) is 8.23. The van der Waals surface area contributed by atoms with Crippen molar-refractivity contribution in [3.63, 3.8) is 0 Å². The molecule has 1 heterocycles. The van der Waals surface area contributed by atoms with Gasteiger partial charge in [-0.15, -0.1) is 10.2 Å². The number of thioether (sulfide) groups is 1. The largest absolute Gasteiger partial charge is 0.417 e. The number of aromatic nitrogens is 3. The highest BCUT2D eigenvalue weighted by Crippen LogP contribution is 2.32. The lowest BCUT2D eigenvalue weighted by Gasteiger charge is -2.16. The van der Waals surface area contributed by atoms with Gasteiger partial charge in [-0.25, -0.2) is 0 Å². The zero-order valence-corrected chi connectivity index (χ0v) is 14.2. The van der Waals surface area contributed by atoms with Gasteiger partial charge in [0.15, 0.2) is 11.0 Å². The molecular weight excluding hydrogens is 341 g/mol. The predicted molar refractivity (Wildman–Crippen MR) is 84.7 cm³/mol. The van der Waals surface area contributed by atoms with Gasteiger partial charge in [-0.3, -0.25) is 4.79 Å². The topological polar surface area (TPSA) is 59.8 Å². The summed E-state index contributed by atoms with van der Waals surface area (Å²) in [5.74, 6) is 0.484. The Balaban J connectivity index is 2.21. The van der Waals surface area contributed by atoms with E-state index in [9.17, 15) is 18.0 Å². The van der Waals surface area contributed by atoms with Crippen molar-refractivity contribution in [2.45, 2.75) is 31.2 Å². The monoisotopic (exact) mass is 358 g/mol. The molecule has 0 saturated heterocycles. The molecule has 1 aromatic heterocycles. The van der Waals surface area contributed by atoms with Gasteiger partial charge in [-0.2, -0.15) is 13.2 Å². The third kappa shape index (κ3) is 3.89. The molecule has 1 aromatic carbocycles. The van der Waals surface area contributed by atoms with E-state index in [1.54, 1.807) is 18.5 Å². The Morgan fingerprint density at radius 2 is 2.00 bits per heavy atom. The fourth-order valence-electron chi connectivity index (χ4n) is 2.23. The second-order valence-corrected chi connectivity index (χ2v) is 6.30. The highest BCUT2D eigenvalue weighted by molar-refractivity contribution is 7.99. The first kappa shape index (κ1) is 18.3. The summed E-state index contributed by atoms with van der Waals surface area (Å²) < 4.78 is 40.8. The van der Waals surface area contributed by atoms with Crippen molar-refractivity contribution >= 4 is 17.7 Å². The minimum Gasteiger partial charge on any atom is -0.342 e. The number of hydrogen-bond acceptors (Lipinski definition) is 4. The molecule has 0 aliphatic carbocycles. The van der Waals surface area contributed by atoms with E-state index in [0.717, 1.165) is 17.9 Å². The smallest absolute Gasteiger partial charge is 0.342 e. The Morgan fingerprint density at radius 3 is 2.62 bits per heavy atom. The van der Waals surface area contributed by atoms with Crippen LogP contribution in [0.2, 0.25) is 0 Å². The Bertz CT molecular complexity index is 730. The van der Waals surface area contributed by atoms with Gasteiger partial charge < -0.3 is 9.88 Å². The fourth-order valence-corrected chi connectivity index (χ4v) is 2.87. The summed E-state index contributed by atoms with van der Waals surface area (Å²) in [6.07, 6.45) is -4.59. The molecule has 5 nitrogen and oxygen atoms in total. The van der Waals surface area contributed by atoms with Crippen LogP contribution in [0.3, 0.4) is 0 Å². The summed E-state index contributed by atoms with van der Waals surface area (Å²) in [5.41, 5.74) is -1.38. The molecule has 0 unspecified atom stereocenters. The summed E-state index contributed by atoms with van der Waals surface area (Å²) in [4.78, 5) is 12.3. The number of nitrogens with zero attached hydrogens (tertiary/aromatic N) is 3. The van der Waals surface area contributed by atoms with Gasteiger partial charge in [0, 0.05) is 7.05 Å². The van der Waals surface area contributed by atoms with E-state index in [1.165, 1.54) is 23.9 Å². The number of rotatable bonds is 5. The average Bonchev–Trinajstić information content (AvgIpc) is 2.88. The second kappa shape index (κ2) is 7.25. The molecule has 1 atom stereocenters. The van der Waals surface area contributed by atoms with E-state index in [0.29, 0.717) is 11.0 Å². The van der Waals surface area contributed by atoms with Crippen LogP contribution < -0.4 is 5.32 Å². The Kier molecular flexibility index (Phi) is 5.53. The van der Waals surface area contributed by atoms with Crippen LogP contribution in [0.5, 0.6) is 0 Å².